The van der Waals surface area contributed by atoms with Crippen LogP contribution in [0.2, 0.25) is 0 Å². The third kappa shape index (κ3) is 35.0. The summed E-state index contributed by atoms with van der Waals surface area (Å²) >= 11 is 0. The smallest absolute Gasteiger partial charge is 0.306 e. The number of hydrogen-bond donors (Lipinski definition) is 6. The Bertz CT molecular complexity index is 1390. The predicted octanol–water partition coefficient (Wildman–Crippen LogP) is 12.1. The number of nitrogens with one attached hydrogen (secondary N) is 1. The Kier molecular flexibility index (Phi) is 42.9. The van der Waals surface area contributed by atoms with Gasteiger partial charge < -0.3 is 45.1 Å². The van der Waals surface area contributed by atoms with E-state index in [2.05, 4.69) is 50.4 Å². The normalized spacial score (nSPS) is 20.4. The SMILES string of the molecule is CC/C=C/C=C/C=C/C=C\CCCCCCC(O)C(=O)NC(COC1OC(CO)C(O)C(O)C1OC(=O)CCCCCCCCC/C=C\CCCCCC)C(O)/C=C/CCCCCCCCCCC. The standard InChI is InChI=1S/C58H101NO10/c1-4-7-10-13-16-19-22-24-26-28-31-34-37-40-43-46-53(63)69-56-55(65)54(64)52(47-60)68-58(56)67-48-49(50(61)44-41-38-35-32-29-21-18-15-12-9-6-3)59-57(66)51(62)45-42-39-36-33-30-27-25-23-20-17-14-11-8-5-2/h8,11,14,17,19-20,22-23,25,27,41,44,49-52,54-56,58,60-62,64-65H,4-7,9-10,12-13,15-16,18,21,24,26,28-40,42-43,45-48H2,1-3H3,(H,59,66)/b11-8+,17-14+,22-19-,23-20+,27-25-,44-41+. The van der Waals surface area contributed by atoms with Crippen molar-refractivity contribution < 1.29 is 49.3 Å². The molecule has 69 heavy (non-hydrogen) atoms. The van der Waals surface area contributed by atoms with Crippen LogP contribution in [0.4, 0.5) is 0 Å². The van der Waals surface area contributed by atoms with Crippen LogP contribution in [0.3, 0.4) is 0 Å². The summed E-state index contributed by atoms with van der Waals surface area (Å²) in [4.78, 5) is 26.4. The molecule has 0 aliphatic carbocycles. The average Bonchev–Trinajstić information content (AvgIpc) is 3.34. The van der Waals surface area contributed by atoms with E-state index in [1.54, 1.807) is 6.08 Å². The Morgan fingerprint density at radius 1 is 0.580 bits per heavy atom. The van der Waals surface area contributed by atoms with E-state index in [-0.39, 0.29) is 19.4 Å². The van der Waals surface area contributed by atoms with Crippen molar-refractivity contribution in [2.24, 2.45) is 0 Å². The molecular weight excluding hydrogens is 871 g/mol. The predicted molar refractivity (Wildman–Crippen MR) is 283 cm³/mol. The number of aliphatic hydroxyl groups excluding tert-OH is 5. The Morgan fingerprint density at radius 2 is 1.06 bits per heavy atom. The molecule has 1 amide bonds. The highest BCUT2D eigenvalue weighted by atomic mass is 16.7. The maximum Gasteiger partial charge on any atom is 0.306 e. The fraction of sp³-hybridized carbons (Fsp3) is 0.759. The zero-order valence-electron chi connectivity index (χ0n) is 43.7. The number of carbonyl (C=O) groups excluding carboxylic acids is 2. The van der Waals surface area contributed by atoms with E-state index in [1.165, 1.54) is 83.5 Å². The first-order valence-electron chi connectivity index (χ1n) is 27.8. The quantitative estimate of drug-likeness (QED) is 0.0149. The zero-order valence-corrected chi connectivity index (χ0v) is 43.7. The molecule has 0 saturated carbocycles. The lowest BCUT2D eigenvalue weighted by Gasteiger charge is -2.41. The Morgan fingerprint density at radius 3 is 1.62 bits per heavy atom. The number of amides is 1. The minimum absolute atomic E-state index is 0.113. The molecule has 1 aliphatic heterocycles. The van der Waals surface area contributed by atoms with Crippen LogP contribution >= 0.6 is 0 Å². The van der Waals surface area contributed by atoms with Gasteiger partial charge in [0, 0.05) is 6.42 Å². The molecule has 398 valence electrons. The minimum Gasteiger partial charge on any atom is -0.454 e. The lowest BCUT2D eigenvalue weighted by atomic mass is 9.99. The zero-order chi connectivity index (χ0) is 50.4. The van der Waals surface area contributed by atoms with E-state index in [0.717, 1.165) is 89.9 Å². The van der Waals surface area contributed by atoms with Gasteiger partial charge in [0.25, 0.3) is 0 Å². The number of aliphatic hydroxyl groups is 5. The van der Waals surface area contributed by atoms with Gasteiger partial charge in [-0.1, -0.05) is 216 Å². The summed E-state index contributed by atoms with van der Waals surface area (Å²) in [5.41, 5.74) is 0. The van der Waals surface area contributed by atoms with E-state index in [0.29, 0.717) is 12.8 Å². The molecule has 0 aromatic heterocycles. The van der Waals surface area contributed by atoms with Crippen molar-refractivity contribution in [1.29, 1.82) is 0 Å². The van der Waals surface area contributed by atoms with E-state index >= 15 is 0 Å². The number of unbranched alkanes of at least 4 members (excludes halogenated alkanes) is 24. The number of carbonyl (C=O) groups is 2. The van der Waals surface area contributed by atoms with E-state index in [4.69, 9.17) is 14.2 Å². The molecule has 0 aromatic carbocycles. The summed E-state index contributed by atoms with van der Waals surface area (Å²) in [5, 5.41) is 56.7. The van der Waals surface area contributed by atoms with Gasteiger partial charge in [-0.3, -0.25) is 9.59 Å². The lowest BCUT2D eigenvalue weighted by molar-refractivity contribution is -0.305. The first-order valence-corrected chi connectivity index (χ1v) is 27.8. The van der Waals surface area contributed by atoms with Gasteiger partial charge in [0.15, 0.2) is 12.4 Å². The van der Waals surface area contributed by atoms with Crippen LogP contribution in [-0.2, 0) is 23.8 Å². The van der Waals surface area contributed by atoms with Crippen molar-refractivity contribution in [2.75, 3.05) is 13.2 Å². The van der Waals surface area contributed by atoms with Crippen LogP contribution in [0, 0.1) is 0 Å². The van der Waals surface area contributed by atoms with Crippen LogP contribution < -0.4 is 5.32 Å². The molecule has 6 N–H and O–H groups in total. The van der Waals surface area contributed by atoms with Gasteiger partial charge in [-0.05, 0) is 70.6 Å². The van der Waals surface area contributed by atoms with E-state index in [9.17, 15) is 35.1 Å². The second kappa shape index (κ2) is 46.2. The van der Waals surface area contributed by atoms with Gasteiger partial charge in [-0.15, -0.1) is 0 Å². The number of rotatable bonds is 45. The Hall–Kier alpha value is -2.90. The third-order valence-electron chi connectivity index (χ3n) is 12.7. The number of allylic oxidation sites excluding steroid dienone is 11. The monoisotopic (exact) mass is 972 g/mol. The molecule has 0 aromatic rings. The van der Waals surface area contributed by atoms with Crippen molar-refractivity contribution in [3.8, 4) is 0 Å². The van der Waals surface area contributed by atoms with Crippen LogP contribution in [0.15, 0.2) is 72.9 Å². The summed E-state index contributed by atoms with van der Waals surface area (Å²) in [5.74, 6) is -1.23. The van der Waals surface area contributed by atoms with E-state index in [1.807, 2.05) is 42.5 Å². The summed E-state index contributed by atoms with van der Waals surface area (Å²) in [6, 6.07) is -1.04. The minimum atomic E-state index is -1.62. The molecule has 1 saturated heterocycles. The van der Waals surface area contributed by atoms with Crippen LogP contribution in [-0.4, -0.2) is 99.6 Å². The highest BCUT2D eigenvalue weighted by molar-refractivity contribution is 5.80. The Labute approximate surface area is 420 Å². The van der Waals surface area contributed by atoms with Gasteiger partial charge in [0.1, 0.15) is 24.4 Å². The lowest BCUT2D eigenvalue weighted by Crippen LogP contribution is -2.61. The molecular formula is C58H101NO10. The van der Waals surface area contributed by atoms with E-state index < -0.39 is 67.4 Å². The molecule has 8 atom stereocenters. The molecule has 11 nitrogen and oxygen atoms in total. The fourth-order valence-corrected chi connectivity index (χ4v) is 8.24. The molecule has 1 heterocycles. The molecule has 1 fully saturated rings. The first kappa shape index (κ1) is 64.1. The number of ether oxygens (including phenoxy) is 3. The van der Waals surface area contributed by atoms with Gasteiger partial charge in [-0.2, -0.15) is 0 Å². The molecule has 0 spiro atoms. The van der Waals surface area contributed by atoms with Crippen molar-refractivity contribution in [2.45, 2.75) is 269 Å². The molecule has 11 heteroatoms. The summed E-state index contributed by atoms with van der Waals surface area (Å²) in [7, 11) is 0. The maximum atomic E-state index is 13.3. The highest BCUT2D eigenvalue weighted by Crippen LogP contribution is 2.26. The highest BCUT2D eigenvalue weighted by Gasteiger charge is 2.47. The number of hydrogen-bond acceptors (Lipinski definition) is 10. The van der Waals surface area contributed by atoms with Crippen LogP contribution in [0.1, 0.15) is 220 Å². The maximum absolute atomic E-state index is 13.3. The second-order valence-electron chi connectivity index (χ2n) is 19.0. The summed E-state index contributed by atoms with van der Waals surface area (Å²) < 4.78 is 17.5. The molecule has 0 radical (unpaired) electrons. The Balaban J connectivity index is 2.76. The van der Waals surface area contributed by atoms with Crippen LogP contribution in [0.5, 0.6) is 0 Å². The van der Waals surface area contributed by atoms with Crippen LogP contribution in [0.25, 0.3) is 0 Å². The summed E-state index contributed by atoms with van der Waals surface area (Å²) in [6.07, 6.45) is 46.6. The van der Waals surface area contributed by atoms with Crippen molar-refractivity contribution >= 4 is 11.9 Å². The van der Waals surface area contributed by atoms with Gasteiger partial charge >= 0.3 is 5.97 Å². The number of esters is 1. The molecule has 8 unspecified atom stereocenters. The molecule has 1 aliphatic rings. The largest absolute Gasteiger partial charge is 0.454 e. The molecule has 1 rings (SSSR count). The first-order chi connectivity index (χ1) is 33.7. The average molecular weight is 972 g/mol. The van der Waals surface area contributed by atoms with Crippen molar-refractivity contribution in [3.05, 3.63) is 72.9 Å². The second-order valence-corrected chi connectivity index (χ2v) is 19.0. The topological polar surface area (TPSA) is 175 Å². The van der Waals surface area contributed by atoms with Gasteiger partial charge in [-0.25, -0.2) is 0 Å². The van der Waals surface area contributed by atoms with Crippen molar-refractivity contribution in [1.82, 2.24) is 5.32 Å². The fourth-order valence-electron chi connectivity index (χ4n) is 8.24. The van der Waals surface area contributed by atoms with Crippen molar-refractivity contribution in [3.63, 3.8) is 0 Å². The summed E-state index contributed by atoms with van der Waals surface area (Å²) in [6.45, 7) is 5.58. The van der Waals surface area contributed by atoms with Gasteiger partial charge in [0.2, 0.25) is 5.91 Å². The third-order valence-corrected chi connectivity index (χ3v) is 12.7. The molecule has 0 bridgehead atoms. The van der Waals surface area contributed by atoms with Gasteiger partial charge in [0.05, 0.1) is 25.4 Å².